The summed E-state index contributed by atoms with van der Waals surface area (Å²) in [4.78, 5) is 12.4. The molecule has 4 rings (SSSR count). The van der Waals surface area contributed by atoms with E-state index < -0.39 is 0 Å². The summed E-state index contributed by atoms with van der Waals surface area (Å²) in [5, 5.41) is 18.6. The fourth-order valence-corrected chi connectivity index (χ4v) is 2.79. The third-order valence-electron chi connectivity index (χ3n) is 4.09. The molecule has 0 aliphatic carbocycles. The predicted molar refractivity (Wildman–Crippen MR) is 100 cm³/mol. The van der Waals surface area contributed by atoms with Crippen LogP contribution in [-0.2, 0) is 18.3 Å². The lowest BCUT2D eigenvalue weighted by Crippen LogP contribution is -2.14. The maximum Gasteiger partial charge on any atom is 0.228 e. The summed E-state index contributed by atoms with van der Waals surface area (Å²) in [6, 6.07) is 17.1. The number of nitrogens with one attached hydrogen (secondary N) is 1. The highest BCUT2D eigenvalue weighted by Gasteiger charge is 2.09. The van der Waals surface area contributed by atoms with Gasteiger partial charge in [0.15, 0.2) is 5.82 Å². The van der Waals surface area contributed by atoms with Crippen molar-refractivity contribution in [3.63, 3.8) is 0 Å². The highest BCUT2D eigenvalue weighted by atomic mass is 16.1. The van der Waals surface area contributed by atoms with Crippen molar-refractivity contribution in [3.8, 4) is 17.1 Å². The van der Waals surface area contributed by atoms with Crippen molar-refractivity contribution >= 4 is 11.6 Å². The lowest BCUT2D eigenvalue weighted by atomic mass is 10.1. The molecular formula is C19H17N7O. The first-order chi connectivity index (χ1) is 13.2. The minimum absolute atomic E-state index is 0.0879. The number of aryl methyl sites for hydroxylation is 1. The van der Waals surface area contributed by atoms with E-state index in [4.69, 9.17) is 0 Å². The van der Waals surface area contributed by atoms with E-state index in [0.717, 1.165) is 16.8 Å². The molecule has 0 aliphatic rings. The molecule has 0 saturated heterocycles. The molecule has 0 unspecified atom stereocenters. The van der Waals surface area contributed by atoms with E-state index >= 15 is 0 Å². The van der Waals surface area contributed by atoms with Crippen LogP contribution >= 0.6 is 0 Å². The number of aromatic nitrogens is 6. The normalized spacial score (nSPS) is 10.7. The number of tetrazole rings is 1. The van der Waals surface area contributed by atoms with E-state index in [1.807, 2.05) is 60.8 Å². The van der Waals surface area contributed by atoms with Gasteiger partial charge in [-0.05, 0) is 46.3 Å². The topological polar surface area (TPSA) is 90.5 Å². The Morgan fingerprint density at radius 1 is 1.11 bits per heavy atom. The second-order valence-electron chi connectivity index (χ2n) is 6.05. The molecule has 134 valence electrons. The Bertz CT molecular complexity index is 1050. The van der Waals surface area contributed by atoms with Gasteiger partial charge in [-0.1, -0.05) is 24.3 Å². The molecule has 0 radical (unpaired) electrons. The Kier molecular flexibility index (Phi) is 4.44. The Labute approximate surface area is 155 Å². The second kappa shape index (κ2) is 7.20. The monoisotopic (exact) mass is 359 g/mol. The van der Waals surface area contributed by atoms with Gasteiger partial charge in [-0.2, -0.15) is 5.10 Å². The molecule has 1 amide bonds. The van der Waals surface area contributed by atoms with Crippen LogP contribution in [0.5, 0.6) is 0 Å². The SMILES string of the molecule is Cn1nnnc1-c1cccc(NC(=O)Cc2ccc(-n3cccn3)cc2)c1. The van der Waals surface area contributed by atoms with Crippen molar-refractivity contribution < 1.29 is 4.79 Å². The van der Waals surface area contributed by atoms with Crippen LogP contribution in [0.4, 0.5) is 5.69 Å². The van der Waals surface area contributed by atoms with Crippen molar-refractivity contribution in [2.24, 2.45) is 7.05 Å². The van der Waals surface area contributed by atoms with E-state index in [2.05, 4.69) is 25.9 Å². The van der Waals surface area contributed by atoms with Gasteiger partial charge in [0.25, 0.3) is 0 Å². The number of carbonyl (C=O) groups is 1. The van der Waals surface area contributed by atoms with Gasteiger partial charge in [-0.25, -0.2) is 9.36 Å². The molecule has 0 saturated carbocycles. The van der Waals surface area contributed by atoms with E-state index in [0.29, 0.717) is 11.5 Å². The van der Waals surface area contributed by atoms with Gasteiger partial charge in [-0.3, -0.25) is 4.79 Å². The largest absolute Gasteiger partial charge is 0.326 e. The lowest BCUT2D eigenvalue weighted by Gasteiger charge is -2.08. The summed E-state index contributed by atoms with van der Waals surface area (Å²) in [5.74, 6) is 0.551. The van der Waals surface area contributed by atoms with Crippen LogP contribution in [0.15, 0.2) is 67.0 Å². The summed E-state index contributed by atoms with van der Waals surface area (Å²) in [5.41, 5.74) is 3.42. The van der Waals surface area contributed by atoms with Gasteiger partial charge >= 0.3 is 0 Å². The molecule has 2 heterocycles. The van der Waals surface area contributed by atoms with Crippen LogP contribution in [0, 0.1) is 0 Å². The number of hydrogen-bond donors (Lipinski definition) is 1. The summed E-state index contributed by atoms with van der Waals surface area (Å²) in [6.45, 7) is 0. The molecule has 0 aliphatic heterocycles. The molecule has 4 aromatic rings. The van der Waals surface area contributed by atoms with Gasteiger partial charge < -0.3 is 5.32 Å². The van der Waals surface area contributed by atoms with Crippen LogP contribution in [0.1, 0.15) is 5.56 Å². The zero-order valence-corrected chi connectivity index (χ0v) is 14.6. The number of amides is 1. The van der Waals surface area contributed by atoms with Crippen molar-refractivity contribution in [2.45, 2.75) is 6.42 Å². The van der Waals surface area contributed by atoms with Crippen molar-refractivity contribution in [1.82, 2.24) is 30.0 Å². The highest BCUT2D eigenvalue weighted by molar-refractivity contribution is 5.92. The zero-order chi connectivity index (χ0) is 18.6. The second-order valence-corrected chi connectivity index (χ2v) is 6.05. The zero-order valence-electron chi connectivity index (χ0n) is 14.6. The first-order valence-corrected chi connectivity index (χ1v) is 8.41. The number of anilines is 1. The predicted octanol–water partition coefficient (Wildman–Crippen LogP) is 2.24. The van der Waals surface area contributed by atoms with Crippen LogP contribution in [0.25, 0.3) is 17.1 Å². The maximum absolute atomic E-state index is 12.4. The molecule has 0 atom stereocenters. The minimum Gasteiger partial charge on any atom is -0.326 e. The molecule has 0 spiro atoms. The maximum atomic E-state index is 12.4. The Hall–Kier alpha value is -3.81. The number of carbonyl (C=O) groups excluding carboxylic acids is 1. The molecular weight excluding hydrogens is 342 g/mol. The molecule has 8 nitrogen and oxygen atoms in total. The molecule has 1 N–H and O–H groups in total. The van der Waals surface area contributed by atoms with E-state index in [1.54, 1.807) is 22.6 Å². The van der Waals surface area contributed by atoms with Gasteiger partial charge in [0, 0.05) is 30.7 Å². The lowest BCUT2D eigenvalue weighted by molar-refractivity contribution is -0.115. The Balaban J connectivity index is 1.43. The summed E-state index contributed by atoms with van der Waals surface area (Å²) in [7, 11) is 1.77. The van der Waals surface area contributed by atoms with Gasteiger partial charge in [-0.15, -0.1) is 5.10 Å². The van der Waals surface area contributed by atoms with Gasteiger partial charge in [0.2, 0.25) is 5.91 Å². The molecule has 27 heavy (non-hydrogen) atoms. The van der Waals surface area contributed by atoms with Crippen molar-refractivity contribution in [2.75, 3.05) is 5.32 Å². The minimum atomic E-state index is -0.0879. The average Bonchev–Trinajstić information content (AvgIpc) is 3.34. The number of benzene rings is 2. The Morgan fingerprint density at radius 2 is 1.96 bits per heavy atom. The van der Waals surface area contributed by atoms with Crippen LogP contribution in [-0.4, -0.2) is 35.9 Å². The number of nitrogens with zero attached hydrogens (tertiary/aromatic N) is 6. The standard InChI is InChI=1S/C19H17N7O/c1-25-19(22-23-24-25)15-4-2-5-16(13-15)21-18(27)12-14-6-8-17(9-7-14)26-11-3-10-20-26/h2-11,13H,12H2,1H3,(H,21,27). The molecule has 0 fully saturated rings. The first kappa shape index (κ1) is 16.6. The fraction of sp³-hybridized carbons (Fsp3) is 0.105. The fourth-order valence-electron chi connectivity index (χ4n) is 2.79. The average molecular weight is 359 g/mol. The summed E-state index contributed by atoms with van der Waals surface area (Å²) >= 11 is 0. The van der Waals surface area contributed by atoms with E-state index in [-0.39, 0.29) is 12.3 Å². The quantitative estimate of drug-likeness (QED) is 0.590. The highest BCUT2D eigenvalue weighted by Crippen LogP contribution is 2.20. The van der Waals surface area contributed by atoms with Gasteiger partial charge in [0.05, 0.1) is 12.1 Å². The van der Waals surface area contributed by atoms with Crippen LogP contribution < -0.4 is 5.32 Å². The molecule has 0 bridgehead atoms. The van der Waals surface area contributed by atoms with Gasteiger partial charge in [0.1, 0.15) is 0 Å². The first-order valence-electron chi connectivity index (χ1n) is 8.41. The third-order valence-corrected chi connectivity index (χ3v) is 4.09. The summed E-state index contributed by atoms with van der Waals surface area (Å²) < 4.78 is 3.36. The van der Waals surface area contributed by atoms with E-state index in [9.17, 15) is 4.79 Å². The third kappa shape index (κ3) is 3.74. The van der Waals surface area contributed by atoms with Crippen molar-refractivity contribution in [3.05, 3.63) is 72.6 Å². The van der Waals surface area contributed by atoms with E-state index in [1.165, 1.54) is 0 Å². The van der Waals surface area contributed by atoms with Crippen LogP contribution in [0.3, 0.4) is 0 Å². The number of hydrogen-bond acceptors (Lipinski definition) is 5. The molecule has 2 aromatic carbocycles. The van der Waals surface area contributed by atoms with Crippen molar-refractivity contribution in [1.29, 1.82) is 0 Å². The van der Waals surface area contributed by atoms with Crippen LogP contribution in [0.2, 0.25) is 0 Å². The molecule has 2 aromatic heterocycles. The Morgan fingerprint density at radius 3 is 2.67 bits per heavy atom. The summed E-state index contributed by atoms with van der Waals surface area (Å²) in [6.07, 6.45) is 3.89. The molecule has 8 heteroatoms. The smallest absolute Gasteiger partial charge is 0.228 e. The number of rotatable bonds is 5.